The fourth-order valence-electron chi connectivity index (χ4n) is 1.75. The molecule has 0 amide bonds. The number of carboxylic acids is 1. The molecule has 0 bridgehead atoms. The summed E-state index contributed by atoms with van der Waals surface area (Å²) in [6.45, 7) is 0.467. The highest BCUT2D eigenvalue weighted by molar-refractivity contribution is 7.85. The minimum absolute atomic E-state index is 0.275. The topological polar surface area (TPSA) is 108 Å². The number of rotatable bonds is 8. The summed E-state index contributed by atoms with van der Waals surface area (Å²) in [5.41, 5.74) is 0.873. The van der Waals surface area contributed by atoms with Crippen molar-refractivity contribution in [1.29, 1.82) is 0 Å². The Labute approximate surface area is 118 Å². The van der Waals surface area contributed by atoms with Gasteiger partial charge in [0.1, 0.15) is 12.6 Å². The number of carbonyl (C=O) groups is 1. The third-order valence-electron chi connectivity index (χ3n) is 2.87. The van der Waals surface area contributed by atoms with Gasteiger partial charge in [-0.15, -0.1) is 0 Å². The van der Waals surface area contributed by atoms with E-state index in [1.54, 1.807) is 36.1 Å². The van der Waals surface area contributed by atoms with Crippen LogP contribution in [0.4, 0.5) is 0 Å². The third-order valence-corrected chi connectivity index (χ3v) is 3.67. The largest absolute Gasteiger partial charge is 0.480 e. The lowest BCUT2D eigenvalue weighted by Crippen LogP contribution is -2.37. The zero-order chi connectivity index (χ0) is 15.2. The summed E-state index contributed by atoms with van der Waals surface area (Å²) in [7, 11) is -2.32. The maximum Gasteiger partial charge on any atom is 0.321 e. The highest BCUT2D eigenvalue weighted by Crippen LogP contribution is 2.01. The summed E-state index contributed by atoms with van der Waals surface area (Å²) in [4.78, 5) is 10.9. The zero-order valence-electron chi connectivity index (χ0n) is 11.2. The molecular weight excluding hydrogens is 284 g/mol. The minimum Gasteiger partial charge on any atom is -0.480 e. The van der Waals surface area contributed by atoms with Crippen molar-refractivity contribution in [1.82, 2.24) is 5.32 Å². The molecule has 0 fully saturated rings. The van der Waals surface area contributed by atoms with E-state index < -0.39 is 22.1 Å². The molecule has 0 saturated carbocycles. The average molecular weight is 303 g/mol. The number of hydrogen-bond donors (Lipinski definition) is 3. The number of likely N-dealkylation sites (N-methyl/N-ethyl adjacent to an activating group) is 1. The molecule has 0 aromatic carbocycles. The summed E-state index contributed by atoms with van der Waals surface area (Å²) >= 11 is 0. The van der Waals surface area contributed by atoms with E-state index in [0.717, 1.165) is 5.56 Å². The number of hydrogen-bond acceptors (Lipinski definition) is 4. The van der Waals surface area contributed by atoms with Crippen molar-refractivity contribution in [2.75, 3.05) is 12.8 Å². The maximum absolute atomic E-state index is 10.9. The van der Waals surface area contributed by atoms with E-state index in [-0.39, 0.29) is 5.75 Å². The quantitative estimate of drug-likeness (QED) is 0.440. The second-order valence-corrected chi connectivity index (χ2v) is 6.04. The summed E-state index contributed by atoms with van der Waals surface area (Å²) in [5.74, 6) is -1.18. The van der Waals surface area contributed by atoms with Gasteiger partial charge < -0.3 is 10.4 Å². The number of pyridine rings is 1. The summed E-state index contributed by atoms with van der Waals surface area (Å²) < 4.78 is 31.6. The average Bonchev–Trinajstić information content (AvgIpc) is 2.35. The molecule has 1 aromatic rings. The van der Waals surface area contributed by atoms with Crippen LogP contribution in [0, 0.1) is 0 Å². The molecule has 1 aromatic heterocycles. The van der Waals surface area contributed by atoms with Gasteiger partial charge in [0.2, 0.25) is 0 Å². The van der Waals surface area contributed by atoms with Gasteiger partial charge in [0.05, 0.1) is 5.75 Å². The fraction of sp³-hybridized carbons (Fsp3) is 0.500. The Morgan fingerprint density at radius 2 is 2.00 bits per heavy atom. The van der Waals surface area contributed by atoms with E-state index in [4.69, 9.17) is 9.66 Å². The molecule has 0 aliphatic carbocycles. The Hall–Kier alpha value is -1.51. The first-order valence-corrected chi connectivity index (χ1v) is 7.76. The number of carboxylic acid groups (broad SMARTS) is 1. The second-order valence-electron chi connectivity index (χ2n) is 4.47. The summed E-state index contributed by atoms with van der Waals surface area (Å²) in [5, 5.41) is 11.6. The van der Waals surface area contributed by atoms with Crippen molar-refractivity contribution in [2.45, 2.75) is 25.4 Å². The first kappa shape index (κ1) is 16.5. The monoisotopic (exact) mass is 303 g/mol. The lowest BCUT2D eigenvalue weighted by molar-refractivity contribution is -0.696. The van der Waals surface area contributed by atoms with Crippen molar-refractivity contribution in [3.05, 3.63) is 30.1 Å². The molecule has 1 heterocycles. The molecule has 0 radical (unpaired) electrons. The minimum atomic E-state index is -3.92. The molecule has 0 aliphatic heterocycles. The van der Waals surface area contributed by atoms with E-state index >= 15 is 0 Å². The molecule has 0 saturated heterocycles. The molecule has 8 heteroatoms. The van der Waals surface area contributed by atoms with Gasteiger partial charge in [0.25, 0.3) is 10.1 Å². The van der Waals surface area contributed by atoms with Gasteiger partial charge in [-0.25, -0.2) is 4.57 Å². The van der Waals surface area contributed by atoms with E-state index in [2.05, 4.69) is 5.32 Å². The lowest BCUT2D eigenvalue weighted by atomic mass is 10.1. The standard InChI is InChI=1S/C12H18N2O5S/c1-13-11(12(15)16)9-10-3-6-14(7-4-10)5-2-8-20(17,18)19/h3-4,6-7,11,13H,2,5,8-9H2,1H3,(H-,15,16,17,18,19)/p+1/t11-/m1/s1. The van der Waals surface area contributed by atoms with Crippen molar-refractivity contribution < 1.29 is 27.4 Å². The second kappa shape index (κ2) is 7.32. The predicted molar refractivity (Wildman–Crippen MR) is 71.9 cm³/mol. The van der Waals surface area contributed by atoms with Crippen LogP contribution in [0.1, 0.15) is 12.0 Å². The van der Waals surface area contributed by atoms with Gasteiger partial charge >= 0.3 is 5.97 Å². The fourth-order valence-corrected chi connectivity index (χ4v) is 2.25. The van der Waals surface area contributed by atoms with Crippen LogP contribution in [0.2, 0.25) is 0 Å². The molecule has 20 heavy (non-hydrogen) atoms. The van der Waals surface area contributed by atoms with Crippen LogP contribution in [-0.4, -0.2) is 42.9 Å². The van der Waals surface area contributed by atoms with Gasteiger partial charge in [0, 0.05) is 18.6 Å². The predicted octanol–water partition coefficient (Wildman–Crippen LogP) is -0.533. The van der Waals surface area contributed by atoms with E-state index in [0.29, 0.717) is 19.4 Å². The number of nitrogens with one attached hydrogen (secondary N) is 1. The third kappa shape index (κ3) is 6.09. The van der Waals surface area contributed by atoms with Gasteiger partial charge in [0.15, 0.2) is 12.4 Å². The SMILES string of the molecule is CN[C@H](Cc1cc[n+](CCCS(=O)(=O)O)cc1)C(=O)O. The Balaban J connectivity index is 2.54. The normalized spacial score (nSPS) is 13.1. The molecule has 1 rings (SSSR count). The highest BCUT2D eigenvalue weighted by atomic mass is 32.2. The van der Waals surface area contributed by atoms with Crippen LogP contribution < -0.4 is 9.88 Å². The Morgan fingerprint density at radius 3 is 2.45 bits per heavy atom. The number of aryl methyl sites for hydroxylation is 1. The molecule has 1 atom stereocenters. The van der Waals surface area contributed by atoms with Crippen LogP contribution in [0.15, 0.2) is 24.5 Å². The van der Waals surface area contributed by atoms with Crippen LogP contribution in [0.3, 0.4) is 0 Å². The van der Waals surface area contributed by atoms with Gasteiger partial charge in [-0.1, -0.05) is 0 Å². The molecule has 3 N–H and O–H groups in total. The van der Waals surface area contributed by atoms with Crippen molar-refractivity contribution >= 4 is 16.1 Å². The van der Waals surface area contributed by atoms with Crippen molar-refractivity contribution in [3.63, 3.8) is 0 Å². The Bertz CT molecular complexity index is 541. The smallest absolute Gasteiger partial charge is 0.321 e. The van der Waals surface area contributed by atoms with Gasteiger partial charge in [-0.3, -0.25) is 9.35 Å². The molecule has 7 nitrogen and oxygen atoms in total. The first-order chi connectivity index (χ1) is 9.31. The molecular formula is C12H19N2O5S+. The molecule has 0 unspecified atom stereocenters. The van der Waals surface area contributed by atoms with Crippen LogP contribution in [-0.2, 0) is 27.9 Å². The molecule has 112 valence electrons. The Morgan fingerprint density at radius 1 is 1.40 bits per heavy atom. The van der Waals surface area contributed by atoms with Gasteiger partial charge in [-0.05, 0) is 19.0 Å². The molecule has 0 aliphatic rings. The highest BCUT2D eigenvalue weighted by Gasteiger charge is 2.16. The van der Waals surface area contributed by atoms with Crippen LogP contribution in [0.5, 0.6) is 0 Å². The van der Waals surface area contributed by atoms with Crippen molar-refractivity contribution in [2.24, 2.45) is 0 Å². The number of aromatic nitrogens is 1. The van der Waals surface area contributed by atoms with E-state index in [1.165, 1.54) is 0 Å². The van der Waals surface area contributed by atoms with E-state index in [1.807, 2.05) is 0 Å². The Kier molecular flexibility index (Phi) is 6.05. The van der Waals surface area contributed by atoms with Gasteiger partial charge in [-0.2, -0.15) is 8.42 Å². The van der Waals surface area contributed by atoms with Crippen LogP contribution >= 0.6 is 0 Å². The maximum atomic E-state index is 10.9. The lowest BCUT2D eigenvalue weighted by Gasteiger charge is -2.10. The number of aliphatic carboxylic acids is 1. The van der Waals surface area contributed by atoms with Crippen LogP contribution in [0.25, 0.3) is 0 Å². The van der Waals surface area contributed by atoms with Crippen molar-refractivity contribution in [3.8, 4) is 0 Å². The zero-order valence-corrected chi connectivity index (χ0v) is 12.0. The van der Waals surface area contributed by atoms with E-state index in [9.17, 15) is 13.2 Å². The number of nitrogens with zero attached hydrogens (tertiary/aromatic N) is 1. The summed E-state index contributed by atoms with van der Waals surface area (Å²) in [6.07, 6.45) is 4.20. The summed E-state index contributed by atoms with van der Waals surface area (Å²) in [6, 6.07) is 2.95. The first-order valence-electron chi connectivity index (χ1n) is 6.15. The molecule has 0 spiro atoms.